The number of para-hydroxylation sites is 2. The average Bonchev–Trinajstić information content (AvgIpc) is 3.12. The molecule has 0 radical (unpaired) electrons. The van der Waals surface area contributed by atoms with Crippen molar-refractivity contribution in [3.05, 3.63) is 94.7 Å². The zero-order valence-electron chi connectivity index (χ0n) is 23.6. The molecule has 40 heavy (non-hydrogen) atoms. The molecule has 1 N–H and O–H groups in total. The second-order valence-corrected chi connectivity index (χ2v) is 11.2. The molecule has 6 nitrogen and oxygen atoms in total. The number of fused-ring (bicyclic) bond motifs is 1. The van der Waals surface area contributed by atoms with Crippen LogP contribution in [0.1, 0.15) is 67.7 Å². The number of methoxy groups -OCH3 is 1. The molecule has 0 saturated carbocycles. The van der Waals surface area contributed by atoms with Crippen LogP contribution < -0.4 is 19.9 Å². The fraction of sp³-hybridized carbons (Fsp3) is 0.353. The van der Waals surface area contributed by atoms with Gasteiger partial charge in [0.05, 0.1) is 24.5 Å². The van der Waals surface area contributed by atoms with Crippen LogP contribution in [0, 0.1) is 6.92 Å². The van der Waals surface area contributed by atoms with Crippen LogP contribution in [0.3, 0.4) is 0 Å². The Morgan fingerprint density at radius 3 is 2.40 bits per heavy atom. The number of anilines is 3. The van der Waals surface area contributed by atoms with Crippen molar-refractivity contribution in [3.8, 4) is 5.75 Å². The third-order valence-electron chi connectivity index (χ3n) is 8.68. The van der Waals surface area contributed by atoms with Gasteiger partial charge in [0.25, 0.3) is 0 Å². The van der Waals surface area contributed by atoms with Gasteiger partial charge in [0.2, 0.25) is 5.91 Å². The van der Waals surface area contributed by atoms with Gasteiger partial charge in [-0.05, 0) is 91.6 Å². The lowest BCUT2D eigenvalue weighted by Gasteiger charge is -2.36. The first-order valence-electron chi connectivity index (χ1n) is 14.4. The minimum Gasteiger partial charge on any atom is -0.497 e. The number of rotatable bonds is 4. The highest BCUT2D eigenvalue weighted by molar-refractivity contribution is 6.06. The van der Waals surface area contributed by atoms with Gasteiger partial charge in [-0.2, -0.15) is 0 Å². The smallest absolute Gasteiger partial charge is 0.224 e. The number of ketones is 1. The average molecular weight is 536 g/mol. The Hall–Kier alpha value is -4.06. The van der Waals surface area contributed by atoms with Crippen molar-refractivity contribution in [1.29, 1.82) is 0 Å². The predicted molar refractivity (Wildman–Crippen MR) is 160 cm³/mol. The van der Waals surface area contributed by atoms with E-state index >= 15 is 0 Å². The monoisotopic (exact) mass is 535 g/mol. The summed E-state index contributed by atoms with van der Waals surface area (Å²) in [5.74, 6) is 0.840. The van der Waals surface area contributed by atoms with Crippen molar-refractivity contribution < 1.29 is 14.3 Å². The normalized spacial score (nSPS) is 20.8. The Kier molecular flexibility index (Phi) is 7.09. The van der Waals surface area contributed by atoms with Crippen LogP contribution in [0.4, 0.5) is 17.1 Å². The molecule has 2 heterocycles. The summed E-state index contributed by atoms with van der Waals surface area (Å²) in [7, 11) is 1.66. The number of Topliss-reactive ketones (excluding diaryl/α,β-unsaturated/α-hetero) is 1. The maximum absolute atomic E-state index is 14.1. The molecule has 3 aromatic carbocycles. The molecule has 1 amide bonds. The SMILES string of the molecule is COc1ccc(C2CC(=O)C3=C(C2)Nc2ccccc2N(C(C)=O)C3c2ccc(N3CCCCC3)cc2C)cc1. The standard InChI is InChI=1S/C34H37N3O3/c1-22-19-26(36-17-7-4-8-18-36)13-16-28(22)34-33-30(35-29-9-5-6-10-31(29)37(34)23(2)38)20-25(21-32(33)39)24-11-14-27(40-3)15-12-24/h5-6,9-16,19,25,34-35H,4,7-8,17-18,20-21H2,1-3H3. The summed E-state index contributed by atoms with van der Waals surface area (Å²) in [6.45, 7) is 5.85. The number of amides is 1. The molecular formula is C34H37N3O3. The zero-order valence-corrected chi connectivity index (χ0v) is 23.6. The van der Waals surface area contributed by atoms with E-state index in [9.17, 15) is 9.59 Å². The van der Waals surface area contributed by atoms with Gasteiger partial charge in [-0.15, -0.1) is 0 Å². The van der Waals surface area contributed by atoms with E-state index in [1.165, 1.54) is 24.9 Å². The summed E-state index contributed by atoms with van der Waals surface area (Å²) in [5, 5.41) is 3.61. The number of piperidine rings is 1. The van der Waals surface area contributed by atoms with Gasteiger partial charge in [-0.3, -0.25) is 14.5 Å². The van der Waals surface area contributed by atoms with Crippen LogP contribution in [0.2, 0.25) is 0 Å². The molecular weight excluding hydrogens is 498 g/mol. The van der Waals surface area contributed by atoms with Crippen molar-refractivity contribution in [1.82, 2.24) is 0 Å². The van der Waals surface area contributed by atoms with Gasteiger partial charge in [0, 0.05) is 43.4 Å². The summed E-state index contributed by atoms with van der Waals surface area (Å²) in [5.41, 5.74) is 7.66. The number of benzene rings is 3. The van der Waals surface area contributed by atoms with E-state index in [1.807, 2.05) is 41.3 Å². The first-order chi connectivity index (χ1) is 19.4. The number of nitrogens with one attached hydrogen (secondary N) is 1. The highest BCUT2D eigenvalue weighted by Gasteiger charge is 2.41. The van der Waals surface area contributed by atoms with Crippen LogP contribution >= 0.6 is 0 Å². The highest BCUT2D eigenvalue weighted by Crippen LogP contribution is 2.48. The number of hydrogen-bond donors (Lipinski definition) is 1. The van der Waals surface area contributed by atoms with Crippen LogP contribution in [0.15, 0.2) is 78.0 Å². The maximum Gasteiger partial charge on any atom is 0.224 e. The number of allylic oxidation sites excluding steroid dienone is 1. The largest absolute Gasteiger partial charge is 0.497 e. The molecule has 6 heteroatoms. The van der Waals surface area contributed by atoms with Crippen molar-refractivity contribution in [3.63, 3.8) is 0 Å². The van der Waals surface area contributed by atoms with Gasteiger partial charge in [-0.25, -0.2) is 0 Å². The Morgan fingerprint density at radius 1 is 0.950 bits per heavy atom. The fourth-order valence-electron chi connectivity index (χ4n) is 6.66. The molecule has 0 spiro atoms. The summed E-state index contributed by atoms with van der Waals surface area (Å²) in [6.07, 6.45) is 4.80. The quantitative estimate of drug-likeness (QED) is 0.393. The number of carbonyl (C=O) groups is 2. The van der Waals surface area contributed by atoms with Gasteiger partial charge in [0.1, 0.15) is 5.75 Å². The molecule has 3 aliphatic rings. The molecule has 1 aliphatic carbocycles. The van der Waals surface area contributed by atoms with Crippen LogP contribution in [0.25, 0.3) is 0 Å². The van der Waals surface area contributed by atoms with Gasteiger partial charge < -0.3 is 15.0 Å². The molecule has 1 fully saturated rings. The summed E-state index contributed by atoms with van der Waals surface area (Å²) < 4.78 is 5.35. The van der Waals surface area contributed by atoms with Crippen molar-refractivity contribution in [2.45, 2.75) is 57.9 Å². The first-order valence-corrected chi connectivity index (χ1v) is 14.4. The Bertz CT molecular complexity index is 1470. The molecule has 2 aliphatic heterocycles. The van der Waals surface area contributed by atoms with Crippen molar-refractivity contribution in [2.24, 2.45) is 0 Å². The van der Waals surface area contributed by atoms with Crippen LogP contribution in [0.5, 0.6) is 5.75 Å². The van der Waals surface area contributed by atoms with E-state index in [-0.39, 0.29) is 17.6 Å². The topological polar surface area (TPSA) is 61.9 Å². The highest BCUT2D eigenvalue weighted by atomic mass is 16.5. The second-order valence-electron chi connectivity index (χ2n) is 11.2. The minimum absolute atomic E-state index is 0.0453. The van der Waals surface area contributed by atoms with E-state index in [4.69, 9.17) is 4.74 Å². The lowest BCUT2D eigenvalue weighted by atomic mass is 9.77. The number of aryl methyl sites for hydroxylation is 1. The summed E-state index contributed by atoms with van der Waals surface area (Å²) in [4.78, 5) is 31.8. The number of nitrogens with zero attached hydrogens (tertiary/aromatic N) is 2. The van der Waals surface area contributed by atoms with Gasteiger partial charge in [-0.1, -0.05) is 30.3 Å². The van der Waals surface area contributed by atoms with E-state index < -0.39 is 6.04 Å². The predicted octanol–water partition coefficient (Wildman–Crippen LogP) is 6.91. The zero-order chi connectivity index (χ0) is 27.8. The first kappa shape index (κ1) is 26.2. The molecule has 3 aromatic rings. The van der Waals surface area contributed by atoms with Crippen molar-refractivity contribution in [2.75, 3.05) is 35.3 Å². The summed E-state index contributed by atoms with van der Waals surface area (Å²) in [6, 6.07) is 21.9. The third kappa shape index (κ3) is 4.76. The Balaban J connectivity index is 1.47. The molecule has 2 unspecified atom stereocenters. The Morgan fingerprint density at radius 2 is 1.70 bits per heavy atom. The molecule has 6 rings (SSSR count). The minimum atomic E-state index is -0.497. The molecule has 1 saturated heterocycles. The number of carbonyl (C=O) groups excluding carboxylic acids is 2. The lowest BCUT2D eigenvalue weighted by molar-refractivity contribution is -0.117. The van der Waals surface area contributed by atoms with E-state index in [0.29, 0.717) is 18.4 Å². The maximum atomic E-state index is 14.1. The third-order valence-corrected chi connectivity index (χ3v) is 8.68. The molecule has 0 bridgehead atoms. The van der Waals surface area contributed by atoms with E-state index in [0.717, 1.165) is 52.6 Å². The number of hydrogen-bond acceptors (Lipinski definition) is 5. The fourth-order valence-corrected chi connectivity index (χ4v) is 6.66. The molecule has 206 valence electrons. The Labute approximate surface area is 236 Å². The van der Waals surface area contributed by atoms with Crippen LogP contribution in [-0.4, -0.2) is 31.9 Å². The van der Waals surface area contributed by atoms with E-state index in [1.54, 1.807) is 14.0 Å². The second kappa shape index (κ2) is 10.8. The molecule has 0 aromatic heterocycles. The van der Waals surface area contributed by atoms with Crippen molar-refractivity contribution >= 4 is 28.8 Å². The van der Waals surface area contributed by atoms with Gasteiger partial charge >= 0.3 is 0 Å². The van der Waals surface area contributed by atoms with Crippen LogP contribution in [-0.2, 0) is 9.59 Å². The molecule has 2 atom stereocenters. The lowest BCUT2D eigenvalue weighted by Crippen LogP contribution is -2.37. The number of ether oxygens (including phenoxy) is 1. The van der Waals surface area contributed by atoms with Gasteiger partial charge in [0.15, 0.2) is 5.78 Å². The summed E-state index contributed by atoms with van der Waals surface area (Å²) >= 11 is 0. The van der Waals surface area contributed by atoms with E-state index in [2.05, 4.69) is 47.5 Å².